The lowest BCUT2D eigenvalue weighted by Gasteiger charge is -2.39. The van der Waals surface area contributed by atoms with Gasteiger partial charge in [-0.3, -0.25) is 10.1 Å². The first-order chi connectivity index (χ1) is 18.8. The maximum Gasteiger partial charge on any atom is 0.409 e. The van der Waals surface area contributed by atoms with Crippen LogP contribution in [0.1, 0.15) is 30.4 Å². The number of carbonyl (C=O) groups is 2. The van der Waals surface area contributed by atoms with Crippen LogP contribution in [0.2, 0.25) is 0 Å². The van der Waals surface area contributed by atoms with E-state index >= 15 is 0 Å². The number of nitrogens with zero attached hydrogens (tertiary/aromatic N) is 1. The van der Waals surface area contributed by atoms with Gasteiger partial charge in [-0.1, -0.05) is 66.7 Å². The van der Waals surface area contributed by atoms with Crippen molar-refractivity contribution in [2.24, 2.45) is 5.41 Å². The number of likely N-dealkylation sites (tertiary alicyclic amines) is 1. The van der Waals surface area contributed by atoms with Gasteiger partial charge in [0.2, 0.25) is 0 Å². The van der Waals surface area contributed by atoms with E-state index in [1.165, 1.54) is 12.0 Å². The number of methoxy groups -OCH3 is 1. The molecule has 2 aromatic rings. The highest BCUT2D eigenvalue weighted by molar-refractivity contribution is 7.92. The normalized spacial score (nSPS) is 19.2. The molecule has 2 aliphatic rings. The Labute approximate surface area is 230 Å². The van der Waals surface area contributed by atoms with E-state index in [2.05, 4.69) is 5.32 Å². The number of rotatable bonds is 10. The summed E-state index contributed by atoms with van der Waals surface area (Å²) in [4.78, 5) is 27.0. The smallest absolute Gasteiger partial charge is 0.409 e. The van der Waals surface area contributed by atoms with Crippen LogP contribution in [-0.2, 0) is 35.4 Å². The Morgan fingerprint density at radius 1 is 1.00 bits per heavy atom. The minimum atomic E-state index is -3.72. The molecule has 2 aromatic carbocycles. The minimum absolute atomic E-state index is 0.101. The van der Waals surface area contributed by atoms with Crippen molar-refractivity contribution in [2.75, 3.05) is 45.7 Å². The molecule has 0 saturated carbocycles. The van der Waals surface area contributed by atoms with Crippen molar-refractivity contribution in [3.8, 4) is 0 Å². The van der Waals surface area contributed by atoms with Gasteiger partial charge in [0.1, 0.15) is 12.0 Å². The van der Waals surface area contributed by atoms with Crippen LogP contribution < -0.4 is 5.32 Å². The van der Waals surface area contributed by atoms with E-state index in [0.29, 0.717) is 19.6 Å². The van der Waals surface area contributed by atoms with Gasteiger partial charge in [0.05, 0.1) is 31.5 Å². The van der Waals surface area contributed by atoms with E-state index in [1.54, 1.807) is 0 Å². The van der Waals surface area contributed by atoms with Gasteiger partial charge in [-0.15, -0.1) is 0 Å². The van der Waals surface area contributed by atoms with Crippen LogP contribution in [0.5, 0.6) is 0 Å². The Hall–Kier alpha value is -3.21. The molecule has 1 unspecified atom stereocenters. The molecule has 0 radical (unpaired) electrons. The molecule has 4 rings (SSSR count). The maximum absolute atomic E-state index is 13.6. The SMILES string of the molecule is COC(=O)C1(CS(=O)(=O)C2CC(c3ccccc3)=CCN2)CCN(C(=O)OCCOCc2ccccc2)CC1. The van der Waals surface area contributed by atoms with Gasteiger partial charge in [0.15, 0.2) is 9.84 Å². The Bertz CT molecular complexity index is 1240. The van der Waals surface area contributed by atoms with Crippen LogP contribution in [0.4, 0.5) is 4.79 Å². The fourth-order valence-electron chi connectivity index (χ4n) is 5.08. The molecule has 2 heterocycles. The summed E-state index contributed by atoms with van der Waals surface area (Å²) in [6.07, 6.45) is 2.15. The second-order valence-electron chi connectivity index (χ2n) is 9.92. The molecular weight excluding hydrogens is 520 g/mol. The third kappa shape index (κ3) is 7.46. The van der Waals surface area contributed by atoms with E-state index < -0.39 is 32.7 Å². The van der Waals surface area contributed by atoms with Crippen molar-refractivity contribution >= 4 is 27.5 Å². The molecule has 2 aliphatic heterocycles. The number of sulfone groups is 1. The quantitative estimate of drug-likeness (QED) is 0.350. The van der Waals surface area contributed by atoms with Crippen molar-refractivity contribution in [3.63, 3.8) is 0 Å². The Morgan fingerprint density at radius 2 is 1.67 bits per heavy atom. The highest BCUT2D eigenvalue weighted by atomic mass is 32.2. The zero-order chi connectivity index (χ0) is 27.7. The standard InChI is InChI=1S/C29H36N2O7S/c1-36-27(32)29(22-39(34,35)26-20-25(12-15-30-26)24-10-6-3-7-11-24)13-16-31(17-14-29)28(33)38-19-18-37-21-23-8-4-2-5-9-23/h2-12,26,30H,13-22H2,1H3. The summed E-state index contributed by atoms with van der Waals surface area (Å²) in [5, 5.41) is 2.27. The highest BCUT2D eigenvalue weighted by Crippen LogP contribution is 2.37. The second-order valence-corrected chi connectivity index (χ2v) is 12.1. The Kier molecular flexibility index (Phi) is 9.77. The number of piperidine rings is 1. The lowest BCUT2D eigenvalue weighted by molar-refractivity contribution is -0.154. The summed E-state index contributed by atoms with van der Waals surface area (Å²) >= 11 is 0. The van der Waals surface area contributed by atoms with Crippen molar-refractivity contribution in [2.45, 2.75) is 31.2 Å². The topological polar surface area (TPSA) is 111 Å². The van der Waals surface area contributed by atoms with Crippen molar-refractivity contribution in [1.29, 1.82) is 0 Å². The van der Waals surface area contributed by atoms with Crippen LogP contribution >= 0.6 is 0 Å². The zero-order valence-corrected chi connectivity index (χ0v) is 23.0. The third-order valence-corrected chi connectivity index (χ3v) is 9.47. The molecular formula is C29H36N2O7S. The van der Waals surface area contributed by atoms with Crippen LogP contribution in [0.15, 0.2) is 66.7 Å². The molecule has 1 saturated heterocycles. The second kappa shape index (κ2) is 13.2. The Morgan fingerprint density at radius 3 is 2.33 bits per heavy atom. The molecule has 10 heteroatoms. The number of nitrogens with one attached hydrogen (secondary N) is 1. The summed E-state index contributed by atoms with van der Waals surface area (Å²) in [7, 11) is -2.46. The fraction of sp³-hybridized carbons (Fsp3) is 0.448. The molecule has 1 fully saturated rings. The molecule has 1 amide bonds. The number of ether oxygens (including phenoxy) is 3. The zero-order valence-electron chi connectivity index (χ0n) is 22.2. The van der Waals surface area contributed by atoms with E-state index in [0.717, 1.165) is 16.7 Å². The largest absolute Gasteiger partial charge is 0.469 e. The minimum Gasteiger partial charge on any atom is -0.469 e. The molecule has 210 valence electrons. The van der Waals surface area contributed by atoms with Gasteiger partial charge in [-0.05, 0) is 29.5 Å². The fourth-order valence-corrected chi connectivity index (χ4v) is 7.24. The number of benzene rings is 2. The summed E-state index contributed by atoms with van der Waals surface area (Å²) in [6.45, 7) is 1.60. The lowest BCUT2D eigenvalue weighted by Crippen LogP contribution is -2.52. The monoisotopic (exact) mass is 556 g/mol. The number of carbonyl (C=O) groups excluding carboxylic acids is 2. The average molecular weight is 557 g/mol. The van der Waals surface area contributed by atoms with Gasteiger partial charge in [0, 0.05) is 26.1 Å². The van der Waals surface area contributed by atoms with Gasteiger partial charge < -0.3 is 19.1 Å². The van der Waals surface area contributed by atoms with Crippen molar-refractivity contribution in [3.05, 3.63) is 77.9 Å². The first kappa shape index (κ1) is 28.8. The molecule has 1 N–H and O–H groups in total. The molecule has 39 heavy (non-hydrogen) atoms. The highest BCUT2D eigenvalue weighted by Gasteiger charge is 2.48. The predicted octanol–water partition coefficient (Wildman–Crippen LogP) is 3.41. The van der Waals surface area contributed by atoms with Crippen molar-refractivity contribution < 1.29 is 32.2 Å². The third-order valence-electron chi connectivity index (χ3n) is 7.32. The van der Waals surface area contributed by atoms with E-state index in [9.17, 15) is 18.0 Å². The average Bonchev–Trinajstić information content (AvgIpc) is 2.97. The Balaban J connectivity index is 1.30. The maximum atomic E-state index is 13.6. The van der Waals surface area contributed by atoms with Gasteiger partial charge in [-0.25, -0.2) is 13.2 Å². The van der Waals surface area contributed by atoms with Gasteiger partial charge in [0.25, 0.3) is 0 Å². The summed E-state index contributed by atoms with van der Waals surface area (Å²) in [6, 6.07) is 19.4. The molecule has 1 atom stereocenters. The van der Waals surface area contributed by atoms with Crippen LogP contribution in [0.3, 0.4) is 0 Å². The number of amides is 1. The molecule has 0 spiro atoms. The lowest BCUT2D eigenvalue weighted by atomic mass is 9.80. The predicted molar refractivity (Wildman–Crippen MR) is 147 cm³/mol. The van der Waals surface area contributed by atoms with E-state index in [4.69, 9.17) is 14.2 Å². The van der Waals surface area contributed by atoms with Crippen LogP contribution in [-0.4, -0.2) is 76.5 Å². The van der Waals surface area contributed by atoms with Crippen LogP contribution in [0, 0.1) is 5.41 Å². The first-order valence-electron chi connectivity index (χ1n) is 13.1. The number of esters is 1. The molecule has 0 aliphatic carbocycles. The molecule has 9 nitrogen and oxygen atoms in total. The van der Waals surface area contributed by atoms with Gasteiger partial charge in [-0.2, -0.15) is 0 Å². The molecule has 0 bridgehead atoms. The van der Waals surface area contributed by atoms with E-state index in [1.807, 2.05) is 66.7 Å². The van der Waals surface area contributed by atoms with Crippen molar-refractivity contribution in [1.82, 2.24) is 10.2 Å². The summed E-state index contributed by atoms with van der Waals surface area (Å²) in [5.74, 6) is -0.911. The first-order valence-corrected chi connectivity index (χ1v) is 14.9. The van der Waals surface area contributed by atoms with E-state index in [-0.39, 0.29) is 44.9 Å². The summed E-state index contributed by atoms with van der Waals surface area (Å²) < 4.78 is 43.1. The van der Waals surface area contributed by atoms with Gasteiger partial charge >= 0.3 is 12.1 Å². The van der Waals surface area contributed by atoms with Crippen LogP contribution in [0.25, 0.3) is 5.57 Å². The molecule has 0 aromatic heterocycles. The summed E-state index contributed by atoms with van der Waals surface area (Å²) in [5.41, 5.74) is 1.75. The number of hydrogen-bond acceptors (Lipinski definition) is 8. The number of hydrogen-bond donors (Lipinski definition) is 1.